The Labute approximate surface area is 192 Å². The summed E-state index contributed by atoms with van der Waals surface area (Å²) < 4.78 is 0. The van der Waals surface area contributed by atoms with Gasteiger partial charge in [-0.05, 0) is 36.4 Å². The molecule has 1 saturated heterocycles. The van der Waals surface area contributed by atoms with Crippen molar-refractivity contribution in [1.29, 1.82) is 0 Å². The number of para-hydroxylation sites is 1. The molecule has 0 amide bonds. The molecule has 0 bridgehead atoms. The summed E-state index contributed by atoms with van der Waals surface area (Å²) >= 11 is 8.18. The Kier molecular flexibility index (Phi) is 7.17. The minimum atomic E-state index is 0.476. The third-order valence-corrected chi connectivity index (χ3v) is 6.21. The number of hydrogen-bond acceptors (Lipinski definition) is 7. The number of rotatable bonds is 7. The maximum atomic E-state index is 6.38. The number of aromatic nitrogens is 2. The number of anilines is 5. The summed E-state index contributed by atoms with van der Waals surface area (Å²) in [6.45, 7) is 8.45. The fraction of sp³-hybridized carbons (Fsp3) is 0.304. The molecule has 31 heavy (non-hydrogen) atoms. The lowest BCUT2D eigenvalue weighted by molar-refractivity contribution is 0.589. The molecule has 3 N–H and O–H groups in total. The maximum absolute atomic E-state index is 6.38. The summed E-state index contributed by atoms with van der Waals surface area (Å²) in [6.07, 6.45) is 1.62. The fourth-order valence-corrected chi connectivity index (χ4v) is 4.43. The van der Waals surface area contributed by atoms with Gasteiger partial charge in [-0.25, -0.2) is 4.98 Å². The van der Waals surface area contributed by atoms with E-state index >= 15 is 0 Å². The largest absolute Gasteiger partial charge is 0.369 e. The summed E-state index contributed by atoms with van der Waals surface area (Å²) in [5.74, 6) is 1.07. The van der Waals surface area contributed by atoms with Gasteiger partial charge in [0.15, 0.2) is 5.82 Å². The van der Waals surface area contributed by atoms with Crippen LogP contribution in [0.25, 0.3) is 0 Å². The molecule has 0 aliphatic carbocycles. The normalized spacial score (nSPS) is 14.0. The van der Waals surface area contributed by atoms with Crippen molar-refractivity contribution in [2.45, 2.75) is 24.0 Å². The highest BCUT2D eigenvalue weighted by Crippen LogP contribution is 2.33. The Balaban J connectivity index is 1.48. The highest BCUT2D eigenvalue weighted by Gasteiger charge is 2.12. The van der Waals surface area contributed by atoms with Gasteiger partial charge in [-0.15, -0.1) is 11.8 Å². The number of benzene rings is 2. The van der Waals surface area contributed by atoms with E-state index < -0.39 is 0 Å². The quantitative estimate of drug-likeness (QED) is 0.406. The first-order valence-electron chi connectivity index (χ1n) is 10.5. The van der Waals surface area contributed by atoms with E-state index in [0.29, 0.717) is 22.0 Å². The van der Waals surface area contributed by atoms with Crippen molar-refractivity contribution >= 4 is 52.2 Å². The second-order valence-corrected chi connectivity index (χ2v) is 9.61. The second kappa shape index (κ2) is 10.2. The molecule has 3 aromatic rings. The van der Waals surface area contributed by atoms with Crippen LogP contribution in [0.2, 0.25) is 5.02 Å². The zero-order valence-electron chi connectivity index (χ0n) is 17.7. The topological polar surface area (TPSA) is 65.1 Å². The Morgan fingerprint density at radius 2 is 1.77 bits per heavy atom. The van der Waals surface area contributed by atoms with Crippen LogP contribution in [0.1, 0.15) is 13.8 Å². The van der Waals surface area contributed by atoms with Crippen molar-refractivity contribution in [2.75, 3.05) is 41.7 Å². The van der Waals surface area contributed by atoms with Crippen LogP contribution in [0.5, 0.6) is 0 Å². The molecule has 2 heterocycles. The van der Waals surface area contributed by atoms with E-state index in [-0.39, 0.29) is 0 Å². The van der Waals surface area contributed by atoms with Crippen molar-refractivity contribution in [2.24, 2.45) is 0 Å². The van der Waals surface area contributed by atoms with E-state index in [9.17, 15) is 0 Å². The molecule has 0 radical (unpaired) electrons. The van der Waals surface area contributed by atoms with Gasteiger partial charge in [-0.2, -0.15) is 4.98 Å². The molecular formula is C23H27ClN6S. The Bertz CT molecular complexity index is 1010. The lowest BCUT2D eigenvalue weighted by atomic mass is 10.2. The van der Waals surface area contributed by atoms with Crippen LogP contribution in [0.15, 0.2) is 59.6 Å². The van der Waals surface area contributed by atoms with Crippen molar-refractivity contribution < 1.29 is 0 Å². The van der Waals surface area contributed by atoms with Gasteiger partial charge in [0, 0.05) is 47.7 Å². The smallest absolute Gasteiger partial charge is 0.229 e. The molecule has 6 nitrogen and oxygen atoms in total. The zero-order valence-corrected chi connectivity index (χ0v) is 19.3. The molecule has 0 spiro atoms. The third-order valence-electron chi connectivity index (χ3n) is 4.85. The fourth-order valence-electron chi connectivity index (χ4n) is 3.38. The van der Waals surface area contributed by atoms with E-state index in [1.807, 2.05) is 18.2 Å². The summed E-state index contributed by atoms with van der Waals surface area (Å²) in [6, 6.07) is 16.5. The first kappa shape index (κ1) is 21.7. The summed E-state index contributed by atoms with van der Waals surface area (Å²) in [5.41, 5.74) is 3.14. The van der Waals surface area contributed by atoms with Crippen LogP contribution in [-0.2, 0) is 0 Å². The van der Waals surface area contributed by atoms with Gasteiger partial charge in [-0.1, -0.05) is 37.6 Å². The molecule has 2 aromatic carbocycles. The van der Waals surface area contributed by atoms with Crippen molar-refractivity contribution in [3.63, 3.8) is 0 Å². The van der Waals surface area contributed by atoms with Gasteiger partial charge in [0.05, 0.1) is 11.9 Å². The predicted octanol–water partition coefficient (Wildman–Crippen LogP) is 5.53. The van der Waals surface area contributed by atoms with Crippen LogP contribution < -0.4 is 20.9 Å². The predicted molar refractivity (Wildman–Crippen MR) is 133 cm³/mol. The number of thioether (sulfide) groups is 1. The number of nitrogens with one attached hydrogen (secondary N) is 3. The van der Waals surface area contributed by atoms with E-state index in [0.717, 1.165) is 42.4 Å². The Morgan fingerprint density at radius 1 is 1.03 bits per heavy atom. The molecule has 4 rings (SSSR count). The lowest BCUT2D eigenvalue weighted by Crippen LogP contribution is -2.43. The van der Waals surface area contributed by atoms with Crippen molar-refractivity contribution in [3.05, 3.63) is 59.8 Å². The average molecular weight is 455 g/mol. The van der Waals surface area contributed by atoms with Gasteiger partial charge in [-0.3, -0.25) is 0 Å². The molecule has 1 aliphatic rings. The number of halogens is 1. The van der Waals surface area contributed by atoms with Gasteiger partial charge in [0.2, 0.25) is 5.95 Å². The molecule has 0 saturated carbocycles. The molecule has 0 atom stereocenters. The Hall–Kier alpha value is -2.48. The van der Waals surface area contributed by atoms with Crippen LogP contribution in [-0.4, -0.2) is 41.4 Å². The van der Waals surface area contributed by atoms with Crippen LogP contribution in [0.3, 0.4) is 0 Å². The minimum Gasteiger partial charge on any atom is -0.369 e. The standard InChI is InChI=1S/C23H27ClN6S/c1-16(2)31-21-6-4-3-5-20(21)28-22-19(24)15-26-23(29-22)27-17-7-9-18(10-8-17)30-13-11-25-12-14-30/h3-10,15-16,25H,11-14H2,1-2H3,(H2,26,27,28,29). The van der Waals surface area contributed by atoms with Crippen molar-refractivity contribution in [1.82, 2.24) is 15.3 Å². The van der Waals surface area contributed by atoms with Gasteiger partial charge >= 0.3 is 0 Å². The minimum absolute atomic E-state index is 0.476. The molecule has 1 aliphatic heterocycles. The van der Waals surface area contributed by atoms with Gasteiger partial charge < -0.3 is 20.9 Å². The number of hydrogen-bond donors (Lipinski definition) is 3. The molecule has 162 valence electrons. The van der Waals surface area contributed by atoms with Crippen LogP contribution in [0, 0.1) is 0 Å². The molecule has 1 aromatic heterocycles. The number of piperazine rings is 1. The van der Waals surface area contributed by atoms with Crippen molar-refractivity contribution in [3.8, 4) is 0 Å². The first-order valence-corrected chi connectivity index (χ1v) is 11.7. The third kappa shape index (κ3) is 5.81. The highest BCUT2D eigenvalue weighted by molar-refractivity contribution is 8.00. The van der Waals surface area contributed by atoms with E-state index in [1.165, 1.54) is 5.69 Å². The Morgan fingerprint density at radius 3 is 2.52 bits per heavy atom. The van der Waals surface area contributed by atoms with E-state index in [2.05, 4.69) is 75.0 Å². The molecular weight excluding hydrogens is 428 g/mol. The molecule has 1 fully saturated rings. The van der Waals surface area contributed by atoms with Gasteiger partial charge in [0.1, 0.15) is 5.02 Å². The average Bonchev–Trinajstić information content (AvgIpc) is 2.78. The molecule has 8 heteroatoms. The van der Waals surface area contributed by atoms with Crippen LogP contribution >= 0.6 is 23.4 Å². The van der Waals surface area contributed by atoms with E-state index in [4.69, 9.17) is 11.6 Å². The maximum Gasteiger partial charge on any atom is 0.229 e. The second-order valence-electron chi connectivity index (χ2n) is 7.59. The summed E-state index contributed by atoms with van der Waals surface area (Å²) in [4.78, 5) is 12.5. The summed E-state index contributed by atoms with van der Waals surface area (Å²) in [7, 11) is 0. The van der Waals surface area contributed by atoms with Crippen LogP contribution in [0.4, 0.5) is 28.8 Å². The molecule has 0 unspecified atom stereocenters. The number of nitrogens with zero attached hydrogens (tertiary/aromatic N) is 3. The van der Waals surface area contributed by atoms with Gasteiger partial charge in [0.25, 0.3) is 0 Å². The SMILES string of the molecule is CC(C)Sc1ccccc1Nc1nc(Nc2ccc(N3CCNCC3)cc2)ncc1Cl. The zero-order chi connectivity index (χ0) is 21.6. The lowest BCUT2D eigenvalue weighted by Gasteiger charge is -2.29. The highest BCUT2D eigenvalue weighted by atomic mass is 35.5. The summed E-state index contributed by atoms with van der Waals surface area (Å²) in [5, 5.41) is 11.0. The monoisotopic (exact) mass is 454 g/mol. The first-order chi connectivity index (χ1) is 15.1. The van der Waals surface area contributed by atoms with E-state index in [1.54, 1.807) is 18.0 Å².